The fraction of sp³-hybridized carbons (Fsp3) is 0.600. The van der Waals surface area contributed by atoms with Crippen LogP contribution in [0.4, 0.5) is 0 Å². The van der Waals surface area contributed by atoms with Gasteiger partial charge in [0.25, 0.3) is 0 Å². The van der Waals surface area contributed by atoms with E-state index in [4.69, 9.17) is 16.3 Å². The molecule has 2 nitrogen and oxygen atoms in total. The summed E-state index contributed by atoms with van der Waals surface area (Å²) in [7, 11) is 1.70. The second kappa shape index (κ2) is 8.39. The van der Waals surface area contributed by atoms with E-state index in [9.17, 15) is 0 Å². The van der Waals surface area contributed by atoms with Gasteiger partial charge in [-0.05, 0) is 31.5 Å². The smallest absolute Gasteiger partial charge is 0.125 e. The molecular weight excluding hydrogens is 246 g/mol. The Kier molecular flexibility index (Phi) is 7.14. The molecule has 0 aliphatic carbocycles. The number of methoxy groups -OCH3 is 1. The van der Waals surface area contributed by atoms with Gasteiger partial charge in [0, 0.05) is 16.6 Å². The summed E-state index contributed by atoms with van der Waals surface area (Å²) in [6.07, 6.45) is 4.69. The van der Waals surface area contributed by atoms with Gasteiger partial charge in [0.15, 0.2) is 0 Å². The Labute approximate surface area is 116 Å². The molecule has 18 heavy (non-hydrogen) atoms. The normalized spacial score (nSPS) is 12.4. The summed E-state index contributed by atoms with van der Waals surface area (Å²) >= 11 is 6.01. The van der Waals surface area contributed by atoms with Gasteiger partial charge in [-0.15, -0.1) is 0 Å². The zero-order valence-electron chi connectivity index (χ0n) is 11.6. The summed E-state index contributed by atoms with van der Waals surface area (Å²) in [6.45, 7) is 5.43. The Bertz CT molecular complexity index is 346. The Morgan fingerprint density at radius 2 is 2.06 bits per heavy atom. The molecule has 1 N–H and O–H groups in total. The summed E-state index contributed by atoms with van der Waals surface area (Å²) in [5, 5.41) is 4.31. The molecule has 0 saturated heterocycles. The molecular formula is C15H24ClNO. The third kappa shape index (κ3) is 4.51. The van der Waals surface area contributed by atoms with Gasteiger partial charge >= 0.3 is 0 Å². The lowest BCUT2D eigenvalue weighted by molar-refractivity contribution is 0.392. The van der Waals surface area contributed by atoms with Gasteiger partial charge in [-0.1, -0.05) is 44.4 Å². The number of hydrogen-bond donors (Lipinski definition) is 1. The Morgan fingerprint density at radius 3 is 2.67 bits per heavy atom. The fourth-order valence-electron chi connectivity index (χ4n) is 2.07. The van der Waals surface area contributed by atoms with Crippen LogP contribution >= 0.6 is 11.6 Å². The minimum absolute atomic E-state index is 0.358. The molecule has 0 fully saturated rings. The molecule has 1 rings (SSSR count). The third-order valence-corrected chi connectivity index (χ3v) is 3.29. The van der Waals surface area contributed by atoms with Gasteiger partial charge in [-0.25, -0.2) is 0 Å². The molecule has 1 unspecified atom stereocenters. The van der Waals surface area contributed by atoms with Crippen LogP contribution in [0.25, 0.3) is 0 Å². The van der Waals surface area contributed by atoms with E-state index in [1.54, 1.807) is 7.11 Å². The summed E-state index contributed by atoms with van der Waals surface area (Å²) in [5.41, 5.74) is 1.21. The van der Waals surface area contributed by atoms with Crippen LogP contribution in [0.2, 0.25) is 5.02 Å². The SMILES string of the molecule is CCCCC(NCCC)c1ccc(Cl)cc1OC. The van der Waals surface area contributed by atoms with E-state index in [1.807, 2.05) is 12.1 Å². The lowest BCUT2D eigenvalue weighted by Crippen LogP contribution is -2.22. The number of hydrogen-bond acceptors (Lipinski definition) is 2. The first-order valence-corrected chi connectivity index (χ1v) is 7.17. The predicted octanol–water partition coefficient (Wildman–Crippen LogP) is 4.58. The molecule has 0 aromatic heterocycles. The summed E-state index contributed by atoms with van der Waals surface area (Å²) in [6, 6.07) is 6.26. The Hall–Kier alpha value is -0.730. The molecule has 0 spiro atoms. The van der Waals surface area contributed by atoms with Crippen LogP contribution in [0.15, 0.2) is 18.2 Å². The number of ether oxygens (including phenoxy) is 1. The van der Waals surface area contributed by atoms with Crippen LogP contribution in [-0.2, 0) is 0 Å². The lowest BCUT2D eigenvalue weighted by atomic mass is 10.00. The second-order valence-electron chi connectivity index (χ2n) is 4.54. The van der Waals surface area contributed by atoms with Crippen molar-refractivity contribution < 1.29 is 4.74 Å². The van der Waals surface area contributed by atoms with E-state index >= 15 is 0 Å². The second-order valence-corrected chi connectivity index (χ2v) is 4.97. The Balaban J connectivity index is 2.88. The number of nitrogens with one attached hydrogen (secondary N) is 1. The van der Waals surface area contributed by atoms with Crippen molar-refractivity contribution in [2.24, 2.45) is 0 Å². The van der Waals surface area contributed by atoms with E-state index in [0.29, 0.717) is 6.04 Å². The van der Waals surface area contributed by atoms with Crippen molar-refractivity contribution in [2.45, 2.75) is 45.6 Å². The molecule has 0 heterocycles. The zero-order chi connectivity index (χ0) is 13.4. The molecule has 0 aliphatic heterocycles. The van der Waals surface area contributed by atoms with Crippen LogP contribution in [-0.4, -0.2) is 13.7 Å². The van der Waals surface area contributed by atoms with E-state index in [-0.39, 0.29) is 0 Å². The largest absolute Gasteiger partial charge is 0.496 e. The fourth-order valence-corrected chi connectivity index (χ4v) is 2.23. The van der Waals surface area contributed by atoms with Crippen LogP contribution < -0.4 is 10.1 Å². The van der Waals surface area contributed by atoms with Gasteiger partial charge < -0.3 is 10.1 Å². The van der Waals surface area contributed by atoms with Crippen LogP contribution in [0, 0.1) is 0 Å². The van der Waals surface area contributed by atoms with Crippen molar-refractivity contribution in [3.05, 3.63) is 28.8 Å². The predicted molar refractivity (Wildman–Crippen MR) is 78.6 cm³/mol. The first-order chi connectivity index (χ1) is 8.72. The summed E-state index contributed by atoms with van der Waals surface area (Å²) in [5.74, 6) is 0.882. The minimum Gasteiger partial charge on any atom is -0.496 e. The highest BCUT2D eigenvalue weighted by atomic mass is 35.5. The van der Waals surface area contributed by atoms with Crippen LogP contribution in [0.5, 0.6) is 5.75 Å². The van der Waals surface area contributed by atoms with Crippen molar-refractivity contribution in [1.29, 1.82) is 0 Å². The molecule has 102 valence electrons. The van der Waals surface area contributed by atoms with E-state index in [1.165, 1.54) is 18.4 Å². The first kappa shape index (κ1) is 15.3. The van der Waals surface area contributed by atoms with Crippen LogP contribution in [0.3, 0.4) is 0 Å². The van der Waals surface area contributed by atoms with E-state index in [2.05, 4.69) is 25.2 Å². The van der Waals surface area contributed by atoms with Gasteiger partial charge in [0.1, 0.15) is 5.75 Å². The zero-order valence-corrected chi connectivity index (χ0v) is 12.4. The van der Waals surface area contributed by atoms with Gasteiger partial charge in [0.05, 0.1) is 7.11 Å². The van der Waals surface area contributed by atoms with Gasteiger partial charge in [0.2, 0.25) is 0 Å². The highest BCUT2D eigenvalue weighted by Gasteiger charge is 2.15. The first-order valence-electron chi connectivity index (χ1n) is 6.79. The quantitative estimate of drug-likeness (QED) is 0.746. The molecule has 0 aliphatic rings. The molecule has 0 saturated carbocycles. The molecule has 3 heteroatoms. The topological polar surface area (TPSA) is 21.3 Å². The van der Waals surface area contributed by atoms with Crippen molar-refractivity contribution in [2.75, 3.05) is 13.7 Å². The van der Waals surface area contributed by atoms with Crippen molar-refractivity contribution in [3.63, 3.8) is 0 Å². The highest BCUT2D eigenvalue weighted by Crippen LogP contribution is 2.31. The number of halogens is 1. The summed E-state index contributed by atoms with van der Waals surface area (Å²) < 4.78 is 5.44. The maximum Gasteiger partial charge on any atom is 0.125 e. The molecule has 0 bridgehead atoms. The molecule has 1 atom stereocenters. The minimum atomic E-state index is 0.358. The average Bonchev–Trinajstić information content (AvgIpc) is 2.39. The van der Waals surface area contributed by atoms with Gasteiger partial charge in [-0.3, -0.25) is 0 Å². The van der Waals surface area contributed by atoms with E-state index in [0.717, 1.165) is 30.2 Å². The summed E-state index contributed by atoms with van der Waals surface area (Å²) in [4.78, 5) is 0. The average molecular weight is 270 g/mol. The third-order valence-electron chi connectivity index (χ3n) is 3.06. The lowest BCUT2D eigenvalue weighted by Gasteiger charge is -2.21. The van der Waals surface area contributed by atoms with Crippen molar-refractivity contribution >= 4 is 11.6 Å². The van der Waals surface area contributed by atoms with E-state index < -0.39 is 0 Å². The maximum absolute atomic E-state index is 6.01. The van der Waals surface area contributed by atoms with Crippen molar-refractivity contribution in [3.8, 4) is 5.75 Å². The molecule has 1 aromatic carbocycles. The number of rotatable bonds is 8. The monoisotopic (exact) mass is 269 g/mol. The number of unbranched alkanes of at least 4 members (excludes halogenated alkanes) is 1. The van der Waals surface area contributed by atoms with Gasteiger partial charge in [-0.2, -0.15) is 0 Å². The Morgan fingerprint density at radius 1 is 1.28 bits per heavy atom. The number of benzene rings is 1. The standard InChI is InChI=1S/C15H24ClNO/c1-4-6-7-14(17-10-5-2)13-9-8-12(16)11-15(13)18-3/h8-9,11,14,17H,4-7,10H2,1-3H3. The molecule has 1 aromatic rings. The van der Waals surface area contributed by atoms with Crippen molar-refractivity contribution in [1.82, 2.24) is 5.32 Å². The highest BCUT2D eigenvalue weighted by molar-refractivity contribution is 6.30. The molecule has 0 radical (unpaired) electrons. The molecule has 0 amide bonds. The van der Waals surface area contributed by atoms with Crippen LogP contribution in [0.1, 0.15) is 51.1 Å². The maximum atomic E-state index is 6.01.